The molecule has 41 heavy (non-hydrogen) atoms. The van der Waals surface area contributed by atoms with Gasteiger partial charge in [-0.1, -0.05) is 30.3 Å². The van der Waals surface area contributed by atoms with Crippen molar-refractivity contribution in [2.45, 2.75) is 26.0 Å². The maximum Gasteiger partial charge on any atom is 0.295 e. The Kier molecular flexibility index (Phi) is 9.52. The number of hydrogen-bond acceptors (Lipinski definition) is 8. The van der Waals surface area contributed by atoms with Gasteiger partial charge in [0, 0.05) is 25.8 Å². The van der Waals surface area contributed by atoms with Crippen molar-refractivity contribution in [3.63, 3.8) is 0 Å². The van der Waals surface area contributed by atoms with Crippen molar-refractivity contribution >= 4 is 17.4 Å². The smallest absolute Gasteiger partial charge is 0.295 e. The summed E-state index contributed by atoms with van der Waals surface area (Å²) >= 11 is 0. The lowest BCUT2D eigenvalue weighted by molar-refractivity contribution is -0.140. The fraction of sp³-hybridized carbons (Fsp3) is 0.312. The summed E-state index contributed by atoms with van der Waals surface area (Å²) in [7, 11) is 6.04. The Balaban J connectivity index is 1.78. The van der Waals surface area contributed by atoms with Crippen molar-refractivity contribution in [3.05, 3.63) is 88.5 Å². The van der Waals surface area contributed by atoms with E-state index in [1.54, 1.807) is 37.4 Å². The van der Waals surface area contributed by atoms with Gasteiger partial charge in [-0.25, -0.2) is 0 Å². The van der Waals surface area contributed by atoms with E-state index in [2.05, 4.69) is 0 Å². The zero-order valence-corrected chi connectivity index (χ0v) is 23.9. The minimum atomic E-state index is -0.894. The summed E-state index contributed by atoms with van der Waals surface area (Å²) < 4.78 is 27.6. The third kappa shape index (κ3) is 6.15. The Morgan fingerprint density at radius 2 is 1.59 bits per heavy atom. The Bertz CT molecular complexity index is 1410. The van der Waals surface area contributed by atoms with Gasteiger partial charge in [-0.3, -0.25) is 9.59 Å². The second-order valence-electron chi connectivity index (χ2n) is 9.55. The first-order chi connectivity index (χ1) is 19.8. The summed E-state index contributed by atoms with van der Waals surface area (Å²) in [5.74, 6) is -0.0465. The van der Waals surface area contributed by atoms with Gasteiger partial charge in [0.25, 0.3) is 11.7 Å². The van der Waals surface area contributed by atoms with Crippen LogP contribution in [0.3, 0.4) is 0 Å². The molecule has 1 heterocycles. The summed E-state index contributed by atoms with van der Waals surface area (Å²) in [4.78, 5) is 28.2. The zero-order chi connectivity index (χ0) is 29.5. The van der Waals surface area contributed by atoms with Gasteiger partial charge in [0.2, 0.25) is 5.75 Å². The fourth-order valence-corrected chi connectivity index (χ4v) is 4.97. The van der Waals surface area contributed by atoms with E-state index in [-0.39, 0.29) is 17.9 Å². The molecule has 4 rings (SSSR count). The third-order valence-electron chi connectivity index (χ3n) is 6.99. The lowest BCUT2D eigenvalue weighted by Crippen LogP contribution is -2.31. The maximum absolute atomic E-state index is 13.5. The first-order valence-corrected chi connectivity index (χ1v) is 13.2. The number of methoxy groups -OCH3 is 4. The monoisotopic (exact) mass is 561 g/mol. The molecule has 1 fully saturated rings. The number of ketones is 1. The molecule has 0 spiro atoms. The summed E-state index contributed by atoms with van der Waals surface area (Å²) in [5, 5.41) is 11.6. The van der Waals surface area contributed by atoms with Crippen LogP contribution in [-0.4, -0.2) is 63.3 Å². The molecule has 0 unspecified atom stereocenters. The quantitative estimate of drug-likeness (QED) is 0.142. The molecule has 0 bridgehead atoms. The highest BCUT2D eigenvalue weighted by Crippen LogP contribution is 2.46. The van der Waals surface area contributed by atoms with Gasteiger partial charge in [-0.05, 0) is 60.4 Å². The van der Waals surface area contributed by atoms with Crippen molar-refractivity contribution in [2.75, 3.05) is 41.6 Å². The molecule has 9 heteroatoms. The van der Waals surface area contributed by atoms with Crippen LogP contribution in [0.2, 0.25) is 0 Å². The molecular weight excluding hydrogens is 526 g/mol. The molecule has 1 aliphatic rings. The number of nitrogens with zero attached hydrogens (tertiary/aromatic N) is 1. The lowest BCUT2D eigenvalue weighted by atomic mass is 9.93. The van der Waals surface area contributed by atoms with Crippen molar-refractivity contribution in [1.82, 2.24) is 4.90 Å². The van der Waals surface area contributed by atoms with E-state index in [0.717, 1.165) is 5.56 Å². The normalized spacial score (nSPS) is 16.1. The molecule has 3 aromatic carbocycles. The van der Waals surface area contributed by atoms with Crippen molar-refractivity contribution in [3.8, 4) is 23.0 Å². The van der Waals surface area contributed by atoms with Crippen LogP contribution in [0.5, 0.6) is 23.0 Å². The van der Waals surface area contributed by atoms with Crippen LogP contribution in [0.1, 0.15) is 34.7 Å². The van der Waals surface area contributed by atoms with E-state index in [9.17, 15) is 14.7 Å². The second-order valence-corrected chi connectivity index (χ2v) is 9.55. The van der Waals surface area contributed by atoms with Crippen molar-refractivity contribution in [2.24, 2.45) is 0 Å². The number of carbonyl (C=O) groups excluding carboxylic acids is 2. The van der Waals surface area contributed by atoms with Crippen LogP contribution in [0.4, 0.5) is 0 Å². The first kappa shape index (κ1) is 29.5. The number of carbonyl (C=O) groups is 2. The Morgan fingerprint density at radius 3 is 2.17 bits per heavy atom. The van der Waals surface area contributed by atoms with Gasteiger partial charge in [-0.2, -0.15) is 0 Å². The average molecular weight is 562 g/mol. The maximum atomic E-state index is 13.5. The van der Waals surface area contributed by atoms with Crippen molar-refractivity contribution in [1.29, 1.82) is 0 Å². The minimum Gasteiger partial charge on any atom is -0.507 e. The van der Waals surface area contributed by atoms with E-state index in [0.29, 0.717) is 59.3 Å². The minimum absolute atomic E-state index is 0.0252. The Morgan fingerprint density at radius 1 is 0.902 bits per heavy atom. The number of benzene rings is 3. The first-order valence-electron chi connectivity index (χ1n) is 13.2. The number of hydrogen-bond donors (Lipinski definition) is 1. The molecule has 1 N–H and O–H groups in total. The van der Waals surface area contributed by atoms with Gasteiger partial charge >= 0.3 is 0 Å². The summed E-state index contributed by atoms with van der Waals surface area (Å²) in [6.07, 6.45) is 0.497. The van der Waals surface area contributed by atoms with E-state index < -0.39 is 17.7 Å². The van der Waals surface area contributed by atoms with E-state index in [4.69, 9.17) is 23.7 Å². The van der Waals surface area contributed by atoms with Gasteiger partial charge in [0.15, 0.2) is 11.5 Å². The number of Topliss-reactive ketones (excluding diaryl/α,β-unsaturated/α-hetero) is 1. The Hall–Kier alpha value is -4.50. The number of amides is 1. The van der Waals surface area contributed by atoms with E-state index in [1.807, 2.05) is 37.3 Å². The number of likely N-dealkylation sites (tertiary alicyclic amines) is 1. The number of aliphatic hydroxyl groups is 1. The molecule has 1 saturated heterocycles. The lowest BCUT2D eigenvalue weighted by Gasteiger charge is -2.26. The van der Waals surface area contributed by atoms with Gasteiger partial charge in [0.1, 0.15) is 18.1 Å². The predicted molar refractivity (Wildman–Crippen MR) is 154 cm³/mol. The van der Waals surface area contributed by atoms with Gasteiger partial charge < -0.3 is 33.7 Å². The molecule has 1 aliphatic heterocycles. The molecule has 0 radical (unpaired) electrons. The summed E-state index contributed by atoms with van der Waals surface area (Å²) in [6, 6.07) is 17.5. The third-order valence-corrected chi connectivity index (χ3v) is 6.99. The Labute approximate surface area is 239 Å². The van der Waals surface area contributed by atoms with Gasteiger partial charge in [0.05, 0.1) is 32.9 Å². The van der Waals surface area contributed by atoms with Gasteiger partial charge in [-0.15, -0.1) is 0 Å². The standard InChI is InChI=1S/C32H35NO8/c1-20-16-23(41-19-21-10-7-6-8-11-21)12-13-24(20)29(34)27-28(33(14-9-15-37-2)32(36)30(27)35)22-17-25(38-3)31(40-5)26(18-22)39-4/h6-8,10-13,16-18,28,34H,9,14-15,19H2,1-5H3/t28-/m0/s1. The molecule has 0 aromatic heterocycles. The van der Waals surface area contributed by atoms with E-state index in [1.165, 1.54) is 26.2 Å². The van der Waals surface area contributed by atoms with Crippen molar-refractivity contribution < 1.29 is 38.4 Å². The molecule has 3 aromatic rings. The molecule has 216 valence electrons. The molecule has 1 atom stereocenters. The SMILES string of the molecule is COCCCN1C(=O)C(=O)C(=C(O)c2ccc(OCc3ccccc3)cc2C)[C@@H]1c1cc(OC)c(OC)c(OC)c1. The molecular formula is C32H35NO8. The van der Waals surface area contributed by atoms with Crippen LogP contribution in [0, 0.1) is 6.92 Å². The zero-order valence-electron chi connectivity index (χ0n) is 23.9. The van der Waals surface area contributed by atoms with E-state index >= 15 is 0 Å². The predicted octanol–water partition coefficient (Wildman–Crippen LogP) is 5.06. The fourth-order valence-electron chi connectivity index (χ4n) is 4.97. The highest BCUT2D eigenvalue weighted by molar-refractivity contribution is 6.46. The molecule has 0 aliphatic carbocycles. The van der Waals surface area contributed by atoms with Crippen LogP contribution >= 0.6 is 0 Å². The molecule has 0 saturated carbocycles. The number of aryl methyl sites for hydroxylation is 1. The summed E-state index contributed by atoms with van der Waals surface area (Å²) in [5.41, 5.74) is 2.63. The number of rotatable bonds is 12. The average Bonchev–Trinajstić information content (AvgIpc) is 3.24. The largest absolute Gasteiger partial charge is 0.507 e. The summed E-state index contributed by atoms with van der Waals surface area (Å²) in [6.45, 7) is 2.84. The highest BCUT2D eigenvalue weighted by atomic mass is 16.5. The van der Waals surface area contributed by atoms with Crippen LogP contribution in [0.15, 0.2) is 66.2 Å². The molecule has 9 nitrogen and oxygen atoms in total. The van der Waals surface area contributed by atoms with Crippen LogP contribution in [-0.2, 0) is 20.9 Å². The molecule has 1 amide bonds. The number of ether oxygens (including phenoxy) is 5. The second kappa shape index (κ2) is 13.2. The van der Waals surface area contributed by atoms with Crippen LogP contribution in [0.25, 0.3) is 5.76 Å². The topological polar surface area (TPSA) is 104 Å². The van der Waals surface area contributed by atoms with Crippen LogP contribution < -0.4 is 18.9 Å². The highest BCUT2D eigenvalue weighted by Gasteiger charge is 2.46. The number of aliphatic hydroxyl groups excluding tert-OH is 1.